The molecule has 0 heterocycles. The SMILES string of the molecule is CC(OC(=O)c1ccccc1)C(OC(=O)c1ccccc1)C(C)(C)C. The summed E-state index contributed by atoms with van der Waals surface area (Å²) in [7, 11) is 0. The van der Waals surface area contributed by atoms with Gasteiger partial charge in [-0.15, -0.1) is 0 Å². The van der Waals surface area contributed by atoms with E-state index in [-0.39, 0.29) is 5.41 Å². The third kappa shape index (κ3) is 5.18. The average Bonchev–Trinajstić information content (AvgIpc) is 2.59. The Morgan fingerprint density at radius 1 is 0.760 bits per heavy atom. The monoisotopic (exact) mass is 340 g/mol. The van der Waals surface area contributed by atoms with Crippen LogP contribution in [0.1, 0.15) is 48.4 Å². The summed E-state index contributed by atoms with van der Waals surface area (Å²) in [6, 6.07) is 17.6. The first-order valence-electron chi connectivity index (χ1n) is 8.31. The molecule has 0 saturated heterocycles. The molecule has 0 fully saturated rings. The minimum atomic E-state index is -0.583. The maximum Gasteiger partial charge on any atom is 0.338 e. The molecule has 0 saturated carbocycles. The van der Waals surface area contributed by atoms with Gasteiger partial charge in [-0.1, -0.05) is 57.2 Å². The van der Waals surface area contributed by atoms with Crippen molar-refractivity contribution in [2.75, 3.05) is 0 Å². The van der Waals surface area contributed by atoms with E-state index in [0.717, 1.165) is 0 Å². The molecule has 2 aromatic rings. The van der Waals surface area contributed by atoms with Gasteiger partial charge in [-0.3, -0.25) is 0 Å². The van der Waals surface area contributed by atoms with Crippen LogP contribution in [0.15, 0.2) is 60.7 Å². The second-order valence-electron chi connectivity index (χ2n) is 7.03. The number of ether oxygens (including phenoxy) is 2. The number of benzene rings is 2. The van der Waals surface area contributed by atoms with Gasteiger partial charge in [-0.05, 0) is 31.2 Å². The van der Waals surface area contributed by atoms with E-state index >= 15 is 0 Å². The molecule has 2 unspecified atom stereocenters. The van der Waals surface area contributed by atoms with Crippen molar-refractivity contribution >= 4 is 11.9 Å². The van der Waals surface area contributed by atoms with Crippen LogP contribution < -0.4 is 0 Å². The van der Waals surface area contributed by atoms with Gasteiger partial charge in [0, 0.05) is 5.41 Å². The lowest BCUT2D eigenvalue weighted by atomic mass is 9.86. The maximum absolute atomic E-state index is 12.4. The van der Waals surface area contributed by atoms with E-state index in [1.54, 1.807) is 55.5 Å². The van der Waals surface area contributed by atoms with Crippen molar-refractivity contribution in [3.8, 4) is 0 Å². The summed E-state index contributed by atoms with van der Waals surface area (Å²) in [5.74, 6) is -0.860. The Kier molecular flexibility index (Phi) is 5.97. The number of carbonyl (C=O) groups is 2. The van der Waals surface area contributed by atoms with Crippen LogP contribution in [-0.2, 0) is 9.47 Å². The molecule has 2 atom stereocenters. The van der Waals surface area contributed by atoms with Gasteiger partial charge in [0.2, 0.25) is 0 Å². The fourth-order valence-corrected chi connectivity index (χ4v) is 2.61. The molecule has 0 amide bonds. The molecule has 0 radical (unpaired) electrons. The van der Waals surface area contributed by atoms with Crippen molar-refractivity contribution in [3.05, 3.63) is 71.8 Å². The van der Waals surface area contributed by atoms with Gasteiger partial charge in [0.15, 0.2) is 0 Å². The van der Waals surface area contributed by atoms with Gasteiger partial charge in [0.05, 0.1) is 11.1 Å². The highest BCUT2D eigenvalue weighted by Gasteiger charge is 2.36. The fourth-order valence-electron chi connectivity index (χ4n) is 2.61. The topological polar surface area (TPSA) is 52.6 Å². The molecule has 0 bridgehead atoms. The standard InChI is InChI=1S/C21H24O4/c1-15(24-19(22)16-11-7-5-8-12-16)18(21(2,3)4)25-20(23)17-13-9-6-10-14-17/h5-15,18H,1-4H3. The van der Waals surface area contributed by atoms with Crippen molar-refractivity contribution in [1.82, 2.24) is 0 Å². The zero-order valence-electron chi connectivity index (χ0n) is 15.1. The first-order chi connectivity index (χ1) is 11.8. The number of esters is 2. The lowest BCUT2D eigenvalue weighted by molar-refractivity contribution is -0.0675. The Hall–Kier alpha value is -2.62. The number of rotatable bonds is 5. The van der Waals surface area contributed by atoms with Crippen molar-refractivity contribution < 1.29 is 19.1 Å². The van der Waals surface area contributed by atoms with Crippen LogP contribution in [0.2, 0.25) is 0 Å². The largest absolute Gasteiger partial charge is 0.455 e. The van der Waals surface area contributed by atoms with Gasteiger partial charge >= 0.3 is 11.9 Å². The second-order valence-corrected chi connectivity index (χ2v) is 7.03. The van der Waals surface area contributed by atoms with Crippen LogP contribution in [0.25, 0.3) is 0 Å². The lowest BCUT2D eigenvalue weighted by Gasteiger charge is -2.34. The normalized spacial score (nSPS) is 13.6. The summed E-state index contributed by atoms with van der Waals surface area (Å²) in [5.41, 5.74) is 0.551. The molecule has 25 heavy (non-hydrogen) atoms. The molecule has 0 aromatic heterocycles. The van der Waals surface area contributed by atoms with Crippen LogP contribution in [-0.4, -0.2) is 24.1 Å². The lowest BCUT2D eigenvalue weighted by Crippen LogP contribution is -2.42. The van der Waals surface area contributed by atoms with Crippen LogP contribution in [0.5, 0.6) is 0 Å². The quantitative estimate of drug-likeness (QED) is 0.752. The van der Waals surface area contributed by atoms with E-state index < -0.39 is 24.1 Å². The Balaban J connectivity index is 2.11. The Morgan fingerprint density at radius 2 is 1.16 bits per heavy atom. The van der Waals surface area contributed by atoms with Gasteiger partial charge in [0.25, 0.3) is 0 Å². The predicted molar refractivity (Wildman–Crippen MR) is 96.4 cm³/mol. The molecule has 2 rings (SSSR count). The van der Waals surface area contributed by atoms with Gasteiger partial charge in [0.1, 0.15) is 12.2 Å². The molecular weight excluding hydrogens is 316 g/mol. The Labute approximate surface area is 148 Å². The van der Waals surface area contributed by atoms with Crippen molar-refractivity contribution in [1.29, 1.82) is 0 Å². The van der Waals surface area contributed by atoms with Crippen molar-refractivity contribution in [2.45, 2.75) is 39.9 Å². The summed E-state index contributed by atoms with van der Waals surface area (Å²) in [5, 5.41) is 0. The summed E-state index contributed by atoms with van der Waals surface area (Å²) in [4.78, 5) is 24.7. The first kappa shape index (κ1) is 18.7. The third-order valence-electron chi connectivity index (χ3n) is 3.83. The summed E-state index contributed by atoms with van der Waals surface area (Å²) in [6.07, 6.45) is -1.16. The molecule has 2 aromatic carbocycles. The molecule has 132 valence electrons. The van der Waals surface area contributed by atoms with E-state index in [1.165, 1.54) is 0 Å². The fraction of sp³-hybridized carbons (Fsp3) is 0.333. The Morgan fingerprint density at radius 3 is 1.56 bits per heavy atom. The van der Waals surface area contributed by atoms with Crippen LogP contribution >= 0.6 is 0 Å². The van der Waals surface area contributed by atoms with Crippen molar-refractivity contribution in [2.24, 2.45) is 5.41 Å². The van der Waals surface area contributed by atoms with Gasteiger partial charge in [-0.25, -0.2) is 9.59 Å². The Bertz CT molecular complexity index is 702. The van der Waals surface area contributed by atoms with Gasteiger partial charge in [-0.2, -0.15) is 0 Å². The van der Waals surface area contributed by atoms with Crippen LogP contribution in [0.4, 0.5) is 0 Å². The molecule has 0 N–H and O–H groups in total. The van der Waals surface area contributed by atoms with Gasteiger partial charge < -0.3 is 9.47 Å². The molecule has 0 aliphatic carbocycles. The summed E-state index contributed by atoms with van der Waals surface area (Å²) in [6.45, 7) is 7.59. The third-order valence-corrected chi connectivity index (χ3v) is 3.83. The molecule has 0 spiro atoms. The molecule has 4 heteroatoms. The molecule has 0 aliphatic heterocycles. The summed E-state index contributed by atoms with van der Waals surface area (Å²) < 4.78 is 11.2. The van der Waals surface area contributed by atoms with Crippen LogP contribution in [0.3, 0.4) is 0 Å². The predicted octanol–water partition coefficient (Wildman–Crippen LogP) is 4.50. The first-order valence-corrected chi connectivity index (χ1v) is 8.31. The van der Waals surface area contributed by atoms with E-state index in [1.807, 2.05) is 32.9 Å². The zero-order valence-corrected chi connectivity index (χ0v) is 15.1. The van der Waals surface area contributed by atoms with E-state index in [0.29, 0.717) is 11.1 Å². The summed E-state index contributed by atoms with van der Waals surface area (Å²) >= 11 is 0. The smallest absolute Gasteiger partial charge is 0.338 e. The van der Waals surface area contributed by atoms with Crippen molar-refractivity contribution in [3.63, 3.8) is 0 Å². The second kappa shape index (κ2) is 7.97. The van der Waals surface area contributed by atoms with Crippen LogP contribution in [0, 0.1) is 5.41 Å². The van der Waals surface area contributed by atoms with E-state index in [4.69, 9.17) is 9.47 Å². The van der Waals surface area contributed by atoms with E-state index in [2.05, 4.69) is 0 Å². The molecular formula is C21H24O4. The number of hydrogen-bond donors (Lipinski definition) is 0. The highest BCUT2D eigenvalue weighted by atomic mass is 16.6. The molecule has 4 nitrogen and oxygen atoms in total. The highest BCUT2D eigenvalue weighted by Crippen LogP contribution is 2.28. The number of carbonyl (C=O) groups excluding carboxylic acids is 2. The highest BCUT2D eigenvalue weighted by molar-refractivity contribution is 5.90. The minimum Gasteiger partial charge on any atom is -0.455 e. The maximum atomic E-state index is 12.4. The van der Waals surface area contributed by atoms with E-state index in [9.17, 15) is 9.59 Å². The zero-order chi connectivity index (χ0) is 18.4. The molecule has 0 aliphatic rings. The number of hydrogen-bond acceptors (Lipinski definition) is 4. The minimum absolute atomic E-state index is 0.388. The average molecular weight is 340 g/mol.